The molecule has 3 N–H and O–H groups in total. The average Bonchev–Trinajstić information content (AvgIpc) is 2.62. The van der Waals surface area contributed by atoms with E-state index in [1.807, 2.05) is 62.4 Å². The molecule has 2 atom stereocenters. The zero-order chi connectivity index (χ0) is 18.0. The number of rotatable bonds is 5. The minimum Gasteiger partial charge on any atom is -0.368 e. The minimum atomic E-state index is -0.685. The first-order chi connectivity index (χ1) is 12.0. The van der Waals surface area contributed by atoms with E-state index >= 15 is 0 Å². The summed E-state index contributed by atoms with van der Waals surface area (Å²) in [6.07, 6.45) is 0.754. The van der Waals surface area contributed by atoms with Gasteiger partial charge >= 0.3 is 0 Å². The molecule has 0 spiro atoms. The molecule has 3 aromatic carbocycles. The van der Waals surface area contributed by atoms with Crippen LogP contribution in [0.4, 0.5) is 0 Å². The third-order valence-corrected chi connectivity index (χ3v) is 4.80. The molecule has 0 saturated carbocycles. The van der Waals surface area contributed by atoms with Gasteiger partial charge < -0.3 is 11.1 Å². The number of amides is 2. The first-order valence-electron chi connectivity index (χ1n) is 8.53. The number of hydrogen-bond acceptors (Lipinski definition) is 2. The fourth-order valence-electron chi connectivity index (χ4n) is 3.20. The van der Waals surface area contributed by atoms with E-state index in [4.69, 9.17) is 5.73 Å². The number of nitrogens with one attached hydrogen (secondary N) is 1. The molecule has 0 heterocycles. The third kappa shape index (κ3) is 3.20. The van der Waals surface area contributed by atoms with Gasteiger partial charge in [0, 0.05) is 0 Å². The van der Waals surface area contributed by atoms with Crippen LogP contribution in [-0.2, 0) is 4.79 Å². The monoisotopic (exact) mass is 334 g/mol. The molecule has 0 fully saturated rings. The quantitative estimate of drug-likeness (QED) is 0.700. The number of carbonyl (C=O) groups is 2. The van der Waals surface area contributed by atoms with Gasteiger partial charge in [0.25, 0.3) is 5.91 Å². The molecule has 128 valence electrons. The van der Waals surface area contributed by atoms with Gasteiger partial charge in [-0.1, -0.05) is 68.8 Å². The molecule has 0 aromatic heterocycles. The van der Waals surface area contributed by atoms with Crippen molar-refractivity contribution in [3.63, 3.8) is 0 Å². The largest absolute Gasteiger partial charge is 0.368 e. The number of carbonyl (C=O) groups excluding carboxylic acids is 2. The maximum atomic E-state index is 13.1. The van der Waals surface area contributed by atoms with Gasteiger partial charge in [-0.05, 0) is 33.5 Å². The molecule has 0 radical (unpaired) electrons. The topological polar surface area (TPSA) is 72.2 Å². The number of hydrogen-bond donors (Lipinski definition) is 2. The maximum Gasteiger partial charge on any atom is 0.253 e. The van der Waals surface area contributed by atoms with Gasteiger partial charge in [-0.2, -0.15) is 0 Å². The molecule has 0 aliphatic carbocycles. The second-order valence-electron chi connectivity index (χ2n) is 6.43. The van der Waals surface area contributed by atoms with E-state index in [0.717, 1.165) is 28.0 Å². The summed E-state index contributed by atoms with van der Waals surface area (Å²) in [5.41, 5.74) is 6.10. The van der Waals surface area contributed by atoms with Crippen molar-refractivity contribution < 1.29 is 9.59 Å². The van der Waals surface area contributed by atoms with Gasteiger partial charge in [0.1, 0.15) is 6.04 Å². The SMILES string of the molecule is CC[C@@H](C)[C@@H](NC(=O)c1c2ccccc2cc2ccccc12)C(N)=O. The Morgan fingerprint density at radius 1 is 1.00 bits per heavy atom. The first kappa shape index (κ1) is 17.0. The molecule has 0 aliphatic rings. The van der Waals surface area contributed by atoms with Crippen LogP contribution in [0, 0.1) is 5.92 Å². The van der Waals surface area contributed by atoms with Crippen molar-refractivity contribution in [2.24, 2.45) is 11.7 Å². The first-order valence-corrected chi connectivity index (χ1v) is 8.53. The van der Waals surface area contributed by atoms with Crippen molar-refractivity contribution >= 4 is 33.4 Å². The average molecular weight is 334 g/mol. The molecular formula is C21H22N2O2. The van der Waals surface area contributed by atoms with Gasteiger partial charge in [-0.15, -0.1) is 0 Å². The summed E-state index contributed by atoms with van der Waals surface area (Å²) in [4.78, 5) is 24.9. The zero-order valence-corrected chi connectivity index (χ0v) is 14.5. The second-order valence-corrected chi connectivity index (χ2v) is 6.43. The van der Waals surface area contributed by atoms with Crippen molar-refractivity contribution in [2.45, 2.75) is 26.3 Å². The lowest BCUT2D eigenvalue weighted by Gasteiger charge is -2.22. The Morgan fingerprint density at radius 2 is 1.52 bits per heavy atom. The van der Waals surface area contributed by atoms with Crippen LogP contribution < -0.4 is 11.1 Å². The van der Waals surface area contributed by atoms with Crippen LogP contribution in [0.3, 0.4) is 0 Å². The highest BCUT2D eigenvalue weighted by Gasteiger charge is 2.25. The van der Waals surface area contributed by atoms with E-state index in [-0.39, 0.29) is 11.8 Å². The molecule has 0 unspecified atom stereocenters. The summed E-state index contributed by atoms with van der Waals surface area (Å²) in [7, 11) is 0. The van der Waals surface area contributed by atoms with Crippen LogP contribution >= 0.6 is 0 Å². The molecule has 2 amide bonds. The number of fused-ring (bicyclic) bond motifs is 2. The van der Waals surface area contributed by atoms with Gasteiger partial charge in [0.15, 0.2) is 0 Å². The molecule has 0 aliphatic heterocycles. The fourth-order valence-corrected chi connectivity index (χ4v) is 3.20. The van der Waals surface area contributed by atoms with E-state index in [0.29, 0.717) is 5.56 Å². The third-order valence-electron chi connectivity index (χ3n) is 4.80. The Balaban J connectivity index is 2.15. The van der Waals surface area contributed by atoms with Crippen molar-refractivity contribution in [3.05, 3.63) is 60.2 Å². The van der Waals surface area contributed by atoms with E-state index in [2.05, 4.69) is 11.4 Å². The predicted octanol–water partition coefficient (Wildman–Crippen LogP) is 3.62. The van der Waals surface area contributed by atoms with Crippen LogP contribution in [0.5, 0.6) is 0 Å². The molecular weight excluding hydrogens is 312 g/mol. The molecule has 0 saturated heterocycles. The maximum absolute atomic E-state index is 13.1. The number of benzene rings is 3. The van der Waals surface area contributed by atoms with E-state index in [1.54, 1.807) is 0 Å². The smallest absolute Gasteiger partial charge is 0.253 e. The highest BCUT2D eigenvalue weighted by atomic mass is 16.2. The lowest BCUT2D eigenvalue weighted by atomic mass is 9.94. The van der Waals surface area contributed by atoms with Gasteiger partial charge in [0.2, 0.25) is 5.91 Å². The molecule has 3 aromatic rings. The molecule has 4 nitrogen and oxygen atoms in total. The van der Waals surface area contributed by atoms with Crippen LogP contribution in [-0.4, -0.2) is 17.9 Å². The van der Waals surface area contributed by atoms with E-state index < -0.39 is 11.9 Å². The van der Waals surface area contributed by atoms with Gasteiger partial charge in [-0.25, -0.2) is 0 Å². The Hall–Kier alpha value is -2.88. The fraction of sp³-hybridized carbons (Fsp3) is 0.238. The standard InChI is InChI=1S/C21H22N2O2/c1-3-13(2)19(20(22)24)23-21(25)18-16-10-6-4-8-14(16)12-15-9-5-7-11-17(15)18/h4-13,19H,3H2,1-2H3,(H2,22,24)(H,23,25)/t13-,19-/m1/s1. The van der Waals surface area contributed by atoms with Crippen LogP contribution in [0.25, 0.3) is 21.5 Å². The Morgan fingerprint density at radius 3 is 2.00 bits per heavy atom. The number of nitrogens with two attached hydrogens (primary N) is 1. The lowest BCUT2D eigenvalue weighted by molar-refractivity contribution is -0.120. The normalized spacial score (nSPS) is 13.5. The van der Waals surface area contributed by atoms with Gasteiger partial charge in [0.05, 0.1) is 5.56 Å². The molecule has 3 rings (SSSR count). The molecule has 4 heteroatoms. The van der Waals surface area contributed by atoms with E-state index in [1.165, 1.54) is 0 Å². The summed E-state index contributed by atoms with van der Waals surface area (Å²) in [5, 5.41) is 6.57. The highest BCUT2D eigenvalue weighted by molar-refractivity contribution is 6.18. The van der Waals surface area contributed by atoms with Gasteiger partial charge in [-0.3, -0.25) is 9.59 Å². The molecule has 25 heavy (non-hydrogen) atoms. The molecule has 0 bridgehead atoms. The summed E-state index contributed by atoms with van der Waals surface area (Å²) in [6, 6.07) is 16.9. The van der Waals surface area contributed by atoms with Crippen molar-refractivity contribution in [1.29, 1.82) is 0 Å². The number of primary amides is 1. The Bertz CT molecular complexity index is 895. The Labute approximate surface area is 147 Å². The van der Waals surface area contributed by atoms with Crippen LogP contribution in [0.2, 0.25) is 0 Å². The van der Waals surface area contributed by atoms with Crippen molar-refractivity contribution in [3.8, 4) is 0 Å². The van der Waals surface area contributed by atoms with Crippen molar-refractivity contribution in [2.75, 3.05) is 0 Å². The second kappa shape index (κ2) is 6.93. The summed E-state index contributed by atoms with van der Waals surface area (Å²) in [6.45, 7) is 3.89. The highest BCUT2D eigenvalue weighted by Crippen LogP contribution is 2.28. The van der Waals surface area contributed by atoms with Crippen molar-refractivity contribution in [1.82, 2.24) is 5.32 Å². The predicted molar refractivity (Wildman–Crippen MR) is 101 cm³/mol. The van der Waals surface area contributed by atoms with E-state index in [9.17, 15) is 9.59 Å². The van der Waals surface area contributed by atoms with Crippen LogP contribution in [0.1, 0.15) is 30.6 Å². The summed E-state index contributed by atoms with van der Waals surface area (Å²) < 4.78 is 0. The summed E-state index contributed by atoms with van der Waals surface area (Å²) in [5.74, 6) is -0.799. The zero-order valence-electron chi connectivity index (χ0n) is 14.5. The Kier molecular flexibility index (Phi) is 4.70. The minimum absolute atomic E-state index is 0.0253. The summed E-state index contributed by atoms with van der Waals surface area (Å²) >= 11 is 0. The van der Waals surface area contributed by atoms with Crippen LogP contribution in [0.15, 0.2) is 54.6 Å². The lowest BCUT2D eigenvalue weighted by Crippen LogP contribution is -2.48.